The third-order valence-corrected chi connectivity index (χ3v) is 7.59. The standard InChI is InChI=1S/C31H16F6N2O.C6H5NO2.Ir/c32-30(33,34)20-12-14-22-25(17-20)40-26-18-21(31(35,36)37)13-15-23(26)29(22,27-10-4-5-16-38-27)28-11-6-9-24(39-28)19-7-2-1-3-8-19;8-6(9)5-3-1-2-4-7-5;/h1-7,9-14,16-18H;1-4H,(H,8,9);/q-2;;/t29-;;/m0../s1. The van der Waals surface area contributed by atoms with Crippen LogP contribution in [0.3, 0.4) is 0 Å². The number of aromatic carboxylic acids is 1. The number of nitrogens with zero attached hydrogens (tertiary/aromatic N) is 3. The molecule has 1 N–H and O–H groups in total. The monoisotopic (exact) mass is 862 g/mol. The molecule has 0 bridgehead atoms. The Hall–Kier alpha value is -5.39. The van der Waals surface area contributed by atoms with Gasteiger partial charge in [0, 0.05) is 49.5 Å². The molecule has 1 radical (unpaired) electrons. The predicted octanol–water partition coefficient (Wildman–Crippen LogP) is 9.05. The average Bonchev–Trinajstić information content (AvgIpc) is 3.11. The van der Waals surface area contributed by atoms with Gasteiger partial charge < -0.3 is 9.84 Å². The van der Waals surface area contributed by atoms with Gasteiger partial charge in [-0.25, -0.2) is 9.78 Å². The number of fused-ring (bicyclic) bond motifs is 2. The molecule has 1 atom stereocenters. The summed E-state index contributed by atoms with van der Waals surface area (Å²) < 4.78 is 88.0. The van der Waals surface area contributed by atoms with Crippen LogP contribution in [0.15, 0.2) is 122 Å². The van der Waals surface area contributed by atoms with Crippen molar-refractivity contribution in [1.29, 1.82) is 0 Å². The van der Waals surface area contributed by atoms with Gasteiger partial charge in [0.15, 0.2) is 0 Å². The molecule has 13 heteroatoms. The van der Waals surface area contributed by atoms with Crippen LogP contribution in [0.1, 0.15) is 44.1 Å². The molecule has 0 amide bonds. The molecule has 0 aliphatic carbocycles. The summed E-state index contributed by atoms with van der Waals surface area (Å²) in [6, 6.07) is 32.3. The normalized spacial score (nSPS) is 14.8. The Bertz CT molecular complexity index is 2050. The number of rotatable bonds is 4. The molecular formula is C37H21F6IrN3O3-2. The molecule has 0 saturated carbocycles. The Morgan fingerprint density at radius 3 is 2.00 bits per heavy atom. The Kier molecular flexibility index (Phi) is 10.2. The van der Waals surface area contributed by atoms with Crippen LogP contribution in [0.2, 0.25) is 0 Å². The fourth-order valence-electron chi connectivity index (χ4n) is 5.44. The molecule has 0 saturated heterocycles. The first kappa shape index (κ1) is 35.9. The number of pyridine rings is 3. The van der Waals surface area contributed by atoms with Crippen LogP contribution in [-0.2, 0) is 37.9 Å². The van der Waals surface area contributed by atoms with Crippen LogP contribution >= 0.6 is 0 Å². The van der Waals surface area contributed by atoms with Crippen LogP contribution in [0.25, 0.3) is 11.3 Å². The summed E-state index contributed by atoms with van der Waals surface area (Å²) in [6.07, 6.45) is -6.51. The molecule has 3 aromatic carbocycles. The van der Waals surface area contributed by atoms with Crippen molar-refractivity contribution in [3.05, 3.63) is 173 Å². The molecule has 50 heavy (non-hydrogen) atoms. The van der Waals surface area contributed by atoms with Crippen molar-refractivity contribution in [3.63, 3.8) is 0 Å². The van der Waals surface area contributed by atoms with E-state index in [0.29, 0.717) is 22.6 Å². The third-order valence-electron chi connectivity index (χ3n) is 7.59. The van der Waals surface area contributed by atoms with Crippen molar-refractivity contribution < 1.29 is 61.1 Å². The summed E-state index contributed by atoms with van der Waals surface area (Å²) in [7, 11) is 0. The van der Waals surface area contributed by atoms with Gasteiger partial charge in [-0.15, -0.1) is 42.0 Å². The number of hydrogen-bond acceptors (Lipinski definition) is 5. The molecule has 6 nitrogen and oxygen atoms in total. The Morgan fingerprint density at radius 2 is 1.40 bits per heavy atom. The third kappa shape index (κ3) is 7.01. The number of carboxylic acid groups (broad SMARTS) is 1. The first-order chi connectivity index (χ1) is 23.4. The van der Waals surface area contributed by atoms with Crippen molar-refractivity contribution in [3.8, 4) is 22.8 Å². The fourth-order valence-corrected chi connectivity index (χ4v) is 5.44. The number of alkyl halides is 6. The molecule has 4 heterocycles. The van der Waals surface area contributed by atoms with E-state index in [0.717, 1.165) is 24.3 Å². The molecule has 6 aromatic rings. The number of benzene rings is 3. The second kappa shape index (κ2) is 14.2. The second-order valence-electron chi connectivity index (χ2n) is 10.6. The zero-order valence-electron chi connectivity index (χ0n) is 25.3. The number of carbonyl (C=O) groups is 1. The van der Waals surface area contributed by atoms with Gasteiger partial charge in [0.05, 0.1) is 16.7 Å². The quantitative estimate of drug-likeness (QED) is 0.141. The van der Waals surface area contributed by atoms with E-state index in [2.05, 4.69) is 22.1 Å². The van der Waals surface area contributed by atoms with Gasteiger partial charge in [0.1, 0.15) is 11.4 Å². The minimum Gasteiger partial charge on any atom is -0.516 e. The zero-order valence-corrected chi connectivity index (χ0v) is 27.6. The Labute approximate surface area is 294 Å². The van der Waals surface area contributed by atoms with E-state index < -0.39 is 34.9 Å². The predicted molar refractivity (Wildman–Crippen MR) is 165 cm³/mol. The summed E-state index contributed by atoms with van der Waals surface area (Å²) in [6.45, 7) is 0. The van der Waals surface area contributed by atoms with Gasteiger partial charge in [-0.2, -0.15) is 38.5 Å². The van der Waals surface area contributed by atoms with Gasteiger partial charge in [-0.05, 0) is 48.2 Å². The summed E-state index contributed by atoms with van der Waals surface area (Å²) >= 11 is 0. The fraction of sp³-hybridized carbons (Fsp3) is 0.0811. The van der Waals surface area contributed by atoms with Gasteiger partial charge >= 0.3 is 18.3 Å². The molecule has 1 aliphatic heterocycles. The van der Waals surface area contributed by atoms with E-state index in [1.165, 1.54) is 24.5 Å². The molecule has 7 rings (SSSR count). The minimum absolute atomic E-state index is 0. The molecule has 0 spiro atoms. The number of carboxylic acids is 1. The average molecular weight is 862 g/mol. The Morgan fingerprint density at radius 1 is 0.720 bits per heavy atom. The maximum atomic E-state index is 13.7. The number of hydrogen-bond donors (Lipinski definition) is 1. The molecule has 255 valence electrons. The largest absolute Gasteiger partial charge is 0.516 e. The van der Waals surface area contributed by atoms with Crippen molar-refractivity contribution in [2.45, 2.75) is 17.8 Å². The van der Waals surface area contributed by atoms with Crippen LogP contribution < -0.4 is 4.74 Å². The van der Waals surface area contributed by atoms with Gasteiger partial charge in [-0.3, -0.25) is 9.97 Å². The van der Waals surface area contributed by atoms with Crippen molar-refractivity contribution in [1.82, 2.24) is 15.0 Å². The Balaban J connectivity index is 0.000000425. The zero-order chi connectivity index (χ0) is 34.8. The van der Waals surface area contributed by atoms with Gasteiger partial charge in [-0.1, -0.05) is 41.5 Å². The molecular weight excluding hydrogens is 841 g/mol. The van der Waals surface area contributed by atoms with Gasteiger partial charge in [0.2, 0.25) is 0 Å². The van der Waals surface area contributed by atoms with E-state index in [4.69, 9.17) is 14.8 Å². The summed E-state index contributed by atoms with van der Waals surface area (Å²) in [4.78, 5) is 23.1. The molecule has 0 unspecified atom stereocenters. The molecule has 3 aromatic heterocycles. The van der Waals surface area contributed by atoms with E-state index in [1.807, 2.05) is 0 Å². The number of ether oxygens (including phenoxy) is 1. The van der Waals surface area contributed by atoms with Crippen molar-refractivity contribution >= 4 is 5.97 Å². The molecule has 1 aliphatic rings. The van der Waals surface area contributed by atoms with Crippen LogP contribution in [-0.4, -0.2) is 26.0 Å². The smallest absolute Gasteiger partial charge is 0.416 e. The van der Waals surface area contributed by atoms with Crippen LogP contribution in [0.5, 0.6) is 11.5 Å². The summed E-state index contributed by atoms with van der Waals surface area (Å²) in [5.74, 6) is -1.56. The van der Waals surface area contributed by atoms with E-state index in [9.17, 15) is 31.1 Å². The molecule has 0 fully saturated rings. The van der Waals surface area contributed by atoms with E-state index in [-0.39, 0.29) is 48.4 Å². The first-order valence-corrected chi connectivity index (χ1v) is 14.4. The second-order valence-corrected chi connectivity index (χ2v) is 10.6. The maximum absolute atomic E-state index is 13.7. The SMILES string of the molecule is FC(F)(F)c1c[c-]c2c(c1)Oc1cc(C(F)(F)F)ccc1[C@]2(c1ccccn1)c1cccc(-c2[c-]cccc2)n1.O=C(O)c1ccccn1.[Ir]. The van der Waals surface area contributed by atoms with Gasteiger partial charge in [0.25, 0.3) is 0 Å². The van der Waals surface area contributed by atoms with Crippen molar-refractivity contribution in [2.24, 2.45) is 0 Å². The van der Waals surface area contributed by atoms with E-state index in [1.54, 1.807) is 72.8 Å². The van der Waals surface area contributed by atoms with Crippen LogP contribution in [0.4, 0.5) is 26.3 Å². The first-order valence-electron chi connectivity index (χ1n) is 14.4. The summed E-state index contributed by atoms with van der Waals surface area (Å²) in [5, 5.41) is 8.32. The summed E-state index contributed by atoms with van der Waals surface area (Å²) in [5.41, 5.74) is -1.42. The number of halogens is 6. The van der Waals surface area contributed by atoms with E-state index >= 15 is 0 Å². The van der Waals surface area contributed by atoms with Crippen LogP contribution in [0, 0.1) is 12.1 Å². The minimum atomic E-state index is -4.74. The number of aromatic nitrogens is 3. The van der Waals surface area contributed by atoms with Crippen molar-refractivity contribution in [2.75, 3.05) is 0 Å². The topological polar surface area (TPSA) is 85.2 Å². The maximum Gasteiger partial charge on any atom is 0.416 e.